The maximum Gasteiger partial charge on any atom is 0.167 e. The van der Waals surface area contributed by atoms with Crippen molar-refractivity contribution < 1.29 is 13.5 Å². The lowest BCUT2D eigenvalue weighted by Gasteiger charge is -2.25. The molecule has 2 fully saturated rings. The summed E-state index contributed by atoms with van der Waals surface area (Å²) in [7, 11) is 1.70. The van der Waals surface area contributed by atoms with Crippen LogP contribution in [0.1, 0.15) is 31.2 Å². The Kier molecular flexibility index (Phi) is 7.56. The van der Waals surface area contributed by atoms with Gasteiger partial charge in [0, 0.05) is 62.7 Å². The first kappa shape index (κ1) is 27.1. The molecule has 6 rings (SSSR count). The number of ether oxygens (including phenoxy) is 1. The molecular weight excluding hydrogens is 524 g/mol. The minimum absolute atomic E-state index is 0.0361. The lowest BCUT2D eigenvalue weighted by Crippen LogP contribution is -2.35. The number of anilines is 2. The number of aromatic nitrogens is 3. The summed E-state index contributed by atoms with van der Waals surface area (Å²) in [6.07, 6.45) is 5.70. The zero-order valence-electron chi connectivity index (χ0n) is 23.1. The van der Waals surface area contributed by atoms with Gasteiger partial charge < -0.3 is 20.3 Å². The fourth-order valence-corrected chi connectivity index (χ4v) is 6.09. The topological polar surface area (TPSA) is 96.2 Å². The van der Waals surface area contributed by atoms with Crippen LogP contribution in [0.3, 0.4) is 0 Å². The molecule has 0 amide bonds. The molecule has 0 radical (unpaired) electrons. The second-order valence-corrected chi connectivity index (χ2v) is 11.0. The van der Waals surface area contributed by atoms with Crippen LogP contribution >= 0.6 is 0 Å². The molecule has 0 spiro atoms. The van der Waals surface area contributed by atoms with Gasteiger partial charge >= 0.3 is 0 Å². The van der Waals surface area contributed by atoms with Crippen LogP contribution < -0.4 is 15.5 Å². The molecule has 10 heteroatoms. The molecule has 4 heterocycles. The van der Waals surface area contributed by atoms with Crippen molar-refractivity contribution >= 4 is 22.5 Å². The number of nitrogens with two attached hydrogens (primary N) is 1. The number of fused-ring (bicyclic) bond motifs is 1. The smallest absolute Gasteiger partial charge is 0.167 e. The molecule has 0 unspecified atom stereocenters. The van der Waals surface area contributed by atoms with Crippen LogP contribution in [0.25, 0.3) is 28.2 Å². The number of methoxy groups -OCH3 is 1. The second-order valence-electron chi connectivity index (χ2n) is 11.0. The highest BCUT2D eigenvalue weighted by atomic mass is 19.1. The zero-order chi connectivity index (χ0) is 28.5. The molecular formula is C31H33F2N7O. The minimum Gasteiger partial charge on any atom is -0.384 e. The summed E-state index contributed by atoms with van der Waals surface area (Å²) in [5, 5.41) is 9.25. The van der Waals surface area contributed by atoms with Crippen molar-refractivity contribution in [3.8, 4) is 23.1 Å². The molecule has 0 bridgehead atoms. The van der Waals surface area contributed by atoms with Gasteiger partial charge in [-0.3, -0.25) is 4.57 Å². The van der Waals surface area contributed by atoms with Gasteiger partial charge in [0.2, 0.25) is 0 Å². The zero-order valence-corrected chi connectivity index (χ0v) is 23.1. The van der Waals surface area contributed by atoms with Crippen molar-refractivity contribution in [3.63, 3.8) is 0 Å². The predicted octanol–water partition coefficient (Wildman–Crippen LogP) is 5.03. The van der Waals surface area contributed by atoms with Crippen molar-refractivity contribution in [2.24, 2.45) is 11.7 Å². The molecule has 2 aromatic carbocycles. The highest BCUT2D eigenvalue weighted by molar-refractivity contribution is 5.90. The van der Waals surface area contributed by atoms with Crippen LogP contribution in [0.4, 0.5) is 20.2 Å². The van der Waals surface area contributed by atoms with Gasteiger partial charge in [-0.15, -0.1) is 0 Å². The van der Waals surface area contributed by atoms with Crippen molar-refractivity contribution in [1.29, 1.82) is 5.26 Å². The van der Waals surface area contributed by atoms with Crippen molar-refractivity contribution in [2.45, 2.75) is 31.7 Å². The van der Waals surface area contributed by atoms with Crippen LogP contribution in [0.2, 0.25) is 0 Å². The van der Waals surface area contributed by atoms with Crippen LogP contribution in [0.15, 0.2) is 48.7 Å². The third-order valence-electron chi connectivity index (χ3n) is 8.15. The maximum atomic E-state index is 16.0. The van der Waals surface area contributed by atoms with Gasteiger partial charge in [0.05, 0.1) is 23.5 Å². The Morgan fingerprint density at radius 1 is 1.00 bits per heavy atom. The van der Waals surface area contributed by atoms with Crippen molar-refractivity contribution in [2.75, 3.05) is 49.7 Å². The average molecular weight is 558 g/mol. The number of pyridine rings is 1. The van der Waals surface area contributed by atoms with E-state index >= 15 is 4.39 Å². The summed E-state index contributed by atoms with van der Waals surface area (Å²) in [5.74, 6) is -0.342. The van der Waals surface area contributed by atoms with E-state index in [0.29, 0.717) is 41.6 Å². The van der Waals surface area contributed by atoms with Gasteiger partial charge in [-0.25, -0.2) is 18.7 Å². The Bertz CT molecular complexity index is 1610. The molecule has 2 saturated heterocycles. The molecule has 4 aromatic rings. The summed E-state index contributed by atoms with van der Waals surface area (Å²) >= 11 is 0. The normalized spacial score (nSPS) is 19.5. The molecule has 0 aliphatic carbocycles. The Morgan fingerprint density at radius 3 is 2.66 bits per heavy atom. The minimum atomic E-state index is -0.661. The SMILES string of the molecule is COC[C@H]1CCN(c2ccc(-n3c(-c4ccc(C#N)c(F)c4)nc4c(N5CCCC[C@@H](N)C5)ccnc43)c(F)c2)C1. The van der Waals surface area contributed by atoms with Crippen molar-refractivity contribution in [3.05, 3.63) is 65.9 Å². The van der Waals surface area contributed by atoms with E-state index in [1.807, 2.05) is 18.2 Å². The number of imidazole rings is 1. The lowest BCUT2D eigenvalue weighted by atomic mass is 10.1. The van der Waals surface area contributed by atoms with E-state index in [1.54, 1.807) is 30.0 Å². The number of nitriles is 1. The Labute approximate surface area is 238 Å². The number of benzene rings is 2. The van der Waals surface area contributed by atoms with E-state index in [2.05, 4.69) is 14.8 Å². The number of rotatable bonds is 6. The van der Waals surface area contributed by atoms with Crippen LogP contribution in [-0.2, 0) is 4.74 Å². The van der Waals surface area contributed by atoms with Crippen molar-refractivity contribution in [1.82, 2.24) is 14.5 Å². The second kappa shape index (κ2) is 11.4. The van der Waals surface area contributed by atoms with E-state index in [4.69, 9.17) is 15.5 Å². The fourth-order valence-electron chi connectivity index (χ4n) is 6.09. The molecule has 2 aliphatic heterocycles. The van der Waals surface area contributed by atoms with E-state index in [-0.39, 0.29) is 17.3 Å². The van der Waals surface area contributed by atoms with Crippen LogP contribution in [0, 0.1) is 28.9 Å². The third-order valence-corrected chi connectivity index (χ3v) is 8.15. The monoisotopic (exact) mass is 557 g/mol. The van der Waals surface area contributed by atoms with E-state index < -0.39 is 11.6 Å². The largest absolute Gasteiger partial charge is 0.384 e. The van der Waals surface area contributed by atoms with E-state index in [9.17, 15) is 9.65 Å². The quantitative estimate of drug-likeness (QED) is 0.355. The molecule has 2 aliphatic rings. The summed E-state index contributed by atoms with van der Waals surface area (Å²) in [5.41, 5.74) is 9.70. The van der Waals surface area contributed by atoms with Crippen LogP contribution in [-0.4, -0.2) is 60.5 Å². The molecule has 212 valence electrons. The Morgan fingerprint density at radius 2 is 1.88 bits per heavy atom. The highest BCUT2D eigenvalue weighted by Crippen LogP contribution is 2.36. The van der Waals surface area contributed by atoms with E-state index in [1.165, 1.54) is 18.2 Å². The van der Waals surface area contributed by atoms with Gasteiger partial charge in [-0.2, -0.15) is 5.26 Å². The Balaban J connectivity index is 1.49. The average Bonchev–Trinajstić information content (AvgIpc) is 3.53. The van der Waals surface area contributed by atoms with Gasteiger partial charge in [0.15, 0.2) is 5.65 Å². The van der Waals surface area contributed by atoms with Gasteiger partial charge in [0.25, 0.3) is 0 Å². The summed E-state index contributed by atoms with van der Waals surface area (Å²) in [6.45, 7) is 3.82. The lowest BCUT2D eigenvalue weighted by molar-refractivity contribution is 0.161. The molecule has 0 saturated carbocycles. The van der Waals surface area contributed by atoms with Gasteiger partial charge in [-0.1, -0.05) is 6.42 Å². The first-order valence-corrected chi connectivity index (χ1v) is 14.1. The molecule has 2 aromatic heterocycles. The Hall–Kier alpha value is -4.07. The summed E-state index contributed by atoms with van der Waals surface area (Å²) in [6, 6.07) is 13.3. The molecule has 8 nitrogen and oxygen atoms in total. The number of nitrogens with zero attached hydrogens (tertiary/aromatic N) is 6. The van der Waals surface area contributed by atoms with Crippen LogP contribution in [0.5, 0.6) is 0 Å². The third kappa shape index (κ3) is 5.23. The first-order chi connectivity index (χ1) is 20.0. The maximum absolute atomic E-state index is 16.0. The molecule has 2 atom stereocenters. The number of halogens is 2. The summed E-state index contributed by atoms with van der Waals surface area (Å²) < 4.78 is 37.8. The molecule has 41 heavy (non-hydrogen) atoms. The number of hydrogen-bond acceptors (Lipinski definition) is 7. The molecule has 2 N–H and O–H groups in total. The standard InChI is InChI=1S/C31H33F2N7O/c1-41-19-20-10-13-38(17-20)24-7-8-27(26(33)15-24)40-30(21-5-6-22(16-34)25(32)14-21)37-29-28(9-11-36-31(29)40)39-12-3-2-4-23(35)18-39/h5-9,11,14-15,20,23H,2-4,10,12-13,17-19,35H2,1H3/t20-,23+/m0/s1. The highest BCUT2D eigenvalue weighted by Gasteiger charge is 2.26. The fraction of sp³-hybridized carbons (Fsp3) is 0.387. The van der Waals surface area contributed by atoms with Gasteiger partial charge in [0.1, 0.15) is 29.0 Å². The van der Waals surface area contributed by atoms with Gasteiger partial charge in [-0.05, 0) is 61.7 Å². The van der Waals surface area contributed by atoms with E-state index in [0.717, 1.165) is 56.7 Å². The summed E-state index contributed by atoms with van der Waals surface area (Å²) in [4.78, 5) is 13.9. The first-order valence-electron chi connectivity index (χ1n) is 14.1. The number of hydrogen-bond donors (Lipinski definition) is 1. The predicted molar refractivity (Wildman–Crippen MR) is 155 cm³/mol.